The number of rotatable bonds is 5. The molecule has 0 spiro atoms. The van der Waals surface area contributed by atoms with Crippen LogP contribution in [0.5, 0.6) is 0 Å². The monoisotopic (exact) mass is 485 g/mol. The summed E-state index contributed by atoms with van der Waals surface area (Å²) in [5.41, 5.74) is 4.29. The third-order valence-corrected chi connectivity index (χ3v) is 5.42. The van der Waals surface area contributed by atoms with Crippen molar-refractivity contribution in [1.82, 2.24) is 9.97 Å². The topological polar surface area (TPSA) is 88.0 Å². The Morgan fingerprint density at radius 1 is 0.875 bits per heavy atom. The van der Waals surface area contributed by atoms with E-state index in [2.05, 4.69) is 31.2 Å². The molecule has 2 aromatic heterocycles. The maximum Gasteiger partial charge on any atom is 0.291 e. The van der Waals surface area contributed by atoms with Gasteiger partial charge in [0.05, 0.1) is 11.0 Å². The minimum absolute atomic E-state index is 0.0349. The molecule has 6 nitrogen and oxygen atoms in total. The van der Waals surface area contributed by atoms with Crippen molar-refractivity contribution in [1.29, 1.82) is 0 Å². The van der Waals surface area contributed by atoms with Crippen LogP contribution in [0.4, 0.5) is 5.69 Å². The zero-order valence-electron chi connectivity index (χ0n) is 16.6. The summed E-state index contributed by atoms with van der Waals surface area (Å²) in [6.45, 7) is 0. The number of benzene rings is 3. The van der Waals surface area contributed by atoms with Gasteiger partial charge in [0, 0.05) is 22.4 Å². The molecule has 7 heteroatoms. The molecule has 0 saturated carbocycles. The fourth-order valence-corrected chi connectivity index (χ4v) is 3.69. The van der Waals surface area contributed by atoms with Crippen molar-refractivity contribution in [3.05, 3.63) is 106 Å². The number of aromatic amines is 1. The molecule has 5 aromatic rings. The average Bonchev–Trinajstić information content (AvgIpc) is 3.45. The van der Waals surface area contributed by atoms with Crippen LogP contribution in [0.2, 0.25) is 0 Å². The third kappa shape index (κ3) is 3.98. The van der Waals surface area contributed by atoms with Gasteiger partial charge in [-0.25, -0.2) is 4.98 Å². The van der Waals surface area contributed by atoms with E-state index >= 15 is 0 Å². The van der Waals surface area contributed by atoms with Crippen LogP contribution in [-0.2, 0) is 0 Å². The predicted molar refractivity (Wildman–Crippen MR) is 126 cm³/mol. The highest BCUT2D eigenvalue weighted by molar-refractivity contribution is 9.10. The molecule has 0 atom stereocenters. The zero-order valence-corrected chi connectivity index (χ0v) is 18.2. The molecular weight excluding hydrogens is 470 g/mol. The van der Waals surface area contributed by atoms with E-state index in [9.17, 15) is 9.59 Å². The molecule has 156 valence electrons. The highest BCUT2D eigenvalue weighted by Crippen LogP contribution is 2.24. The van der Waals surface area contributed by atoms with E-state index in [0.717, 1.165) is 16.6 Å². The van der Waals surface area contributed by atoms with Gasteiger partial charge in [-0.2, -0.15) is 0 Å². The van der Waals surface area contributed by atoms with E-state index in [0.29, 0.717) is 27.3 Å². The average molecular weight is 486 g/mol. The van der Waals surface area contributed by atoms with Crippen molar-refractivity contribution in [3.63, 3.8) is 0 Å². The normalized spacial score (nSPS) is 10.9. The Morgan fingerprint density at radius 3 is 2.38 bits per heavy atom. The minimum Gasteiger partial charge on any atom is -0.444 e. The molecule has 0 unspecified atom stereocenters. The van der Waals surface area contributed by atoms with Gasteiger partial charge in [-0.1, -0.05) is 30.3 Å². The molecular formula is C25H16BrN3O3. The number of nitrogens with one attached hydrogen (secondary N) is 2. The van der Waals surface area contributed by atoms with E-state index in [1.807, 2.05) is 42.5 Å². The first-order valence-electron chi connectivity index (χ1n) is 9.83. The number of anilines is 1. The van der Waals surface area contributed by atoms with Gasteiger partial charge in [0.15, 0.2) is 16.2 Å². The van der Waals surface area contributed by atoms with Gasteiger partial charge < -0.3 is 14.7 Å². The Kier molecular flexibility index (Phi) is 5.17. The summed E-state index contributed by atoms with van der Waals surface area (Å²) < 4.78 is 5.76. The quantitative estimate of drug-likeness (QED) is 0.295. The number of nitrogens with zero attached hydrogens (tertiary/aromatic N) is 1. The Morgan fingerprint density at radius 2 is 1.66 bits per heavy atom. The number of fused-ring (bicyclic) bond motifs is 1. The van der Waals surface area contributed by atoms with Crippen molar-refractivity contribution in [2.24, 2.45) is 0 Å². The van der Waals surface area contributed by atoms with Gasteiger partial charge in [0.2, 0.25) is 0 Å². The van der Waals surface area contributed by atoms with Gasteiger partial charge in [0.1, 0.15) is 5.82 Å². The van der Waals surface area contributed by atoms with Crippen LogP contribution in [0.1, 0.15) is 26.5 Å². The number of carbonyl (C=O) groups excluding carboxylic acids is 2. The summed E-state index contributed by atoms with van der Waals surface area (Å²) in [4.78, 5) is 32.8. The molecule has 0 bridgehead atoms. The fraction of sp³-hybridized carbons (Fsp3) is 0. The molecule has 0 aliphatic rings. The second-order valence-corrected chi connectivity index (χ2v) is 7.93. The van der Waals surface area contributed by atoms with Crippen LogP contribution >= 0.6 is 15.9 Å². The smallest absolute Gasteiger partial charge is 0.291 e. The number of amides is 1. The summed E-state index contributed by atoms with van der Waals surface area (Å²) in [7, 11) is 0. The SMILES string of the molecule is O=C(c1ccccc1)c1ccc2nc(-c3ccc(NC(=O)c4ccc(Br)o4)cc3)[nH]c2c1. The first kappa shape index (κ1) is 20.0. The number of furan rings is 1. The van der Waals surface area contributed by atoms with E-state index in [1.165, 1.54) is 0 Å². The predicted octanol–water partition coefficient (Wildman–Crippen LogP) is 6.07. The molecule has 5 rings (SSSR count). The first-order chi connectivity index (χ1) is 15.6. The Balaban J connectivity index is 1.36. The lowest BCUT2D eigenvalue weighted by Gasteiger charge is -2.04. The molecule has 0 fully saturated rings. The highest BCUT2D eigenvalue weighted by Gasteiger charge is 2.13. The molecule has 2 N–H and O–H groups in total. The van der Waals surface area contributed by atoms with E-state index in [-0.39, 0.29) is 17.5 Å². The van der Waals surface area contributed by atoms with Gasteiger partial charge in [0.25, 0.3) is 5.91 Å². The standard InChI is InChI=1S/C25H16BrN3O3/c26-22-13-12-21(32-22)25(31)27-18-9-6-16(7-10-18)24-28-19-11-8-17(14-20(19)29-24)23(30)15-4-2-1-3-5-15/h1-14H,(H,27,31)(H,28,29). The number of hydrogen-bond acceptors (Lipinski definition) is 4. The maximum atomic E-state index is 12.7. The molecule has 0 radical (unpaired) electrons. The summed E-state index contributed by atoms with van der Waals surface area (Å²) in [5.74, 6) is 0.534. The number of aromatic nitrogens is 2. The lowest BCUT2D eigenvalue weighted by molar-refractivity contribution is 0.0994. The molecule has 3 aromatic carbocycles. The highest BCUT2D eigenvalue weighted by atomic mass is 79.9. The van der Waals surface area contributed by atoms with Gasteiger partial charge in [-0.3, -0.25) is 9.59 Å². The second-order valence-electron chi connectivity index (χ2n) is 7.15. The molecule has 0 aliphatic carbocycles. The zero-order chi connectivity index (χ0) is 22.1. The summed E-state index contributed by atoms with van der Waals surface area (Å²) >= 11 is 3.18. The summed E-state index contributed by atoms with van der Waals surface area (Å²) in [6.07, 6.45) is 0. The second kappa shape index (κ2) is 8.28. The molecule has 2 heterocycles. The van der Waals surface area contributed by atoms with Crippen molar-refractivity contribution in [2.75, 3.05) is 5.32 Å². The van der Waals surface area contributed by atoms with Gasteiger partial charge >= 0.3 is 0 Å². The van der Waals surface area contributed by atoms with Crippen LogP contribution in [0.15, 0.2) is 94.0 Å². The lowest BCUT2D eigenvalue weighted by Crippen LogP contribution is -2.10. The number of carbonyl (C=O) groups is 2. The molecule has 0 aliphatic heterocycles. The number of ketones is 1. The van der Waals surface area contributed by atoms with Crippen LogP contribution in [-0.4, -0.2) is 21.7 Å². The van der Waals surface area contributed by atoms with Crippen molar-refractivity contribution in [2.45, 2.75) is 0 Å². The number of halogens is 1. The minimum atomic E-state index is -0.331. The van der Waals surface area contributed by atoms with E-state index in [4.69, 9.17) is 4.42 Å². The maximum absolute atomic E-state index is 12.7. The van der Waals surface area contributed by atoms with Crippen LogP contribution in [0, 0.1) is 0 Å². The number of H-pyrrole nitrogens is 1. The van der Waals surface area contributed by atoms with Crippen LogP contribution in [0.25, 0.3) is 22.4 Å². The molecule has 32 heavy (non-hydrogen) atoms. The third-order valence-electron chi connectivity index (χ3n) is 4.99. The van der Waals surface area contributed by atoms with Crippen molar-refractivity contribution >= 4 is 44.3 Å². The number of imidazole rings is 1. The Bertz CT molecular complexity index is 1440. The fourth-order valence-electron chi connectivity index (χ4n) is 3.38. The Labute approximate surface area is 191 Å². The number of hydrogen-bond donors (Lipinski definition) is 2. The van der Waals surface area contributed by atoms with Crippen molar-refractivity contribution < 1.29 is 14.0 Å². The largest absolute Gasteiger partial charge is 0.444 e. The summed E-state index contributed by atoms with van der Waals surface area (Å²) in [5, 5.41) is 2.79. The lowest BCUT2D eigenvalue weighted by atomic mass is 10.0. The summed E-state index contributed by atoms with van der Waals surface area (Å²) in [6, 6.07) is 25.2. The van der Waals surface area contributed by atoms with Gasteiger partial charge in [-0.05, 0) is 70.5 Å². The van der Waals surface area contributed by atoms with Crippen LogP contribution in [0.3, 0.4) is 0 Å². The van der Waals surface area contributed by atoms with Gasteiger partial charge in [-0.15, -0.1) is 0 Å². The Hall–Kier alpha value is -3.97. The van der Waals surface area contributed by atoms with Crippen LogP contribution < -0.4 is 5.32 Å². The molecule has 0 saturated heterocycles. The first-order valence-corrected chi connectivity index (χ1v) is 10.6. The van der Waals surface area contributed by atoms with E-state index < -0.39 is 0 Å². The molecule has 1 amide bonds. The van der Waals surface area contributed by atoms with E-state index in [1.54, 1.807) is 42.5 Å². The van der Waals surface area contributed by atoms with Crippen molar-refractivity contribution in [3.8, 4) is 11.4 Å².